The van der Waals surface area contributed by atoms with E-state index in [4.69, 9.17) is 21.4 Å². The number of hydrogen-bond donors (Lipinski definition) is 0. The van der Waals surface area contributed by atoms with Gasteiger partial charge in [-0.2, -0.15) is 8.78 Å². The Hall–Kier alpha value is -3.16. The molecule has 3 aliphatic rings. The van der Waals surface area contributed by atoms with E-state index in [0.717, 1.165) is 44.4 Å². The van der Waals surface area contributed by atoms with Crippen LogP contribution in [-0.4, -0.2) is 69.5 Å². The van der Waals surface area contributed by atoms with E-state index in [1.54, 1.807) is 4.90 Å². The maximum atomic E-state index is 15.2. The smallest absolute Gasteiger partial charge is 0.314 e. The molecule has 38 heavy (non-hydrogen) atoms. The quantitative estimate of drug-likeness (QED) is 0.327. The maximum absolute atomic E-state index is 15.2. The third-order valence-corrected chi connectivity index (χ3v) is 7.77. The molecule has 0 aliphatic carbocycles. The summed E-state index contributed by atoms with van der Waals surface area (Å²) in [6, 6.07) is 8.30. The number of alkyl halides is 2. The lowest BCUT2D eigenvalue weighted by molar-refractivity contribution is -0.0765. The molecule has 2 atom stereocenters. The molecule has 7 nitrogen and oxygen atoms in total. The van der Waals surface area contributed by atoms with Crippen LogP contribution in [0.25, 0.3) is 11.5 Å². The molecule has 0 saturated carbocycles. The molecule has 200 valence electrons. The van der Waals surface area contributed by atoms with Gasteiger partial charge in [-0.3, -0.25) is 4.90 Å². The lowest BCUT2D eigenvalue weighted by Crippen LogP contribution is -2.59. The Labute approximate surface area is 219 Å². The van der Waals surface area contributed by atoms with E-state index in [0.29, 0.717) is 23.7 Å². The number of benzene rings is 2. The van der Waals surface area contributed by atoms with Crippen LogP contribution in [0.15, 0.2) is 40.8 Å². The van der Waals surface area contributed by atoms with Gasteiger partial charge in [0.05, 0.1) is 25.8 Å². The van der Waals surface area contributed by atoms with E-state index in [9.17, 15) is 17.6 Å². The number of anilines is 1. The third-order valence-electron chi connectivity index (χ3n) is 7.32. The second-order valence-corrected chi connectivity index (χ2v) is 9.97. The Bertz CT molecular complexity index is 1370. The molecule has 13 heteroatoms. The van der Waals surface area contributed by atoms with Crippen LogP contribution in [0.2, 0.25) is 0 Å². The molecule has 2 bridgehead atoms. The highest BCUT2D eigenvalue weighted by molar-refractivity contribution is 7.80. The zero-order chi connectivity index (χ0) is 26.6. The number of halogens is 5. The minimum absolute atomic E-state index is 0.0732. The van der Waals surface area contributed by atoms with Crippen molar-refractivity contribution in [2.24, 2.45) is 0 Å². The van der Waals surface area contributed by atoms with Gasteiger partial charge in [-0.1, -0.05) is 6.07 Å². The number of hydrogen-bond acceptors (Lipinski definition) is 6. The van der Waals surface area contributed by atoms with E-state index in [-0.39, 0.29) is 35.3 Å². The predicted octanol–water partition coefficient (Wildman–Crippen LogP) is 4.54. The largest absolute Gasteiger partial charge is 0.415 e. The van der Waals surface area contributed by atoms with Crippen molar-refractivity contribution in [1.29, 1.82) is 0 Å². The van der Waals surface area contributed by atoms with Crippen LogP contribution in [-0.2, 0) is 11.3 Å². The van der Waals surface area contributed by atoms with Crippen molar-refractivity contribution in [2.45, 2.75) is 37.5 Å². The molecule has 2 aromatic carbocycles. The first-order valence-electron chi connectivity index (χ1n) is 12.1. The molecule has 0 N–H and O–H groups in total. The van der Waals surface area contributed by atoms with Crippen molar-refractivity contribution in [3.8, 4) is 11.5 Å². The van der Waals surface area contributed by atoms with Gasteiger partial charge in [-0.05, 0) is 42.9 Å². The number of likely N-dealkylation sites (tertiary alicyclic amines) is 2. The monoisotopic (exact) mass is 551 g/mol. The fraction of sp³-hybridized carbons (Fsp3) is 0.400. The first-order chi connectivity index (χ1) is 18.3. The number of thiocarbonyl (C=S) groups is 1. The van der Waals surface area contributed by atoms with Gasteiger partial charge in [0.15, 0.2) is 16.7 Å². The zero-order valence-corrected chi connectivity index (χ0v) is 20.7. The van der Waals surface area contributed by atoms with Crippen molar-refractivity contribution >= 4 is 23.0 Å². The second-order valence-electron chi connectivity index (χ2n) is 9.60. The third kappa shape index (κ3) is 4.52. The number of ether oxygens (including phenoxy) is 1. The maximum Gasteiger partial charge on any atom is 0.314 e. The Morgan fingerprint density at radius 1 is 0.974 bits per heavy atom. The summed E-state index contributed by atoms with van der Waals surface area (Å²) in [4.78, 5) is 6.08. The lowest BCUT2D eigenvalue weighted by Gasteiger charge is -2.44. The predicted molar refractivity (Wildman–Crippen MR) is 130 cm³/mol. The molecule has 3 fully saturated rings. The van der Waals surface area contributed by atoms with Crippen LogP contribution in [0.5, 0.6) is 0 Å². The van der Waals surface area contributed by atoms with Gasteiger partial charge in [0.1, 0.15) is 5.82 Å². The molecule has 0 amide bonds. The van der Waals surface area contributed by atoms with Crippen LogP contribution in [0.1, 0.15) is 24.3 Å². The minimum Gasteiger partial charge on any atom is -0.415 e. The number of piperazine rings is 1. The van der Waals surface area contributed by atoms with Gasteiger partial charge in [0.2, 0.25) is 5.89 Å². The van der Waals surface area contributed by atoms with E-state index in [1.165, 1.54) is 18.2 Å². The summed E-state index contributed by atoms with van der Waals surface area (Å²) in [7, 11) is 0. The minimum atomic E-state index is -2.94. The van der Waals surface area contributed by atoms with Crippen LogP contribution in [0.4, 0.5) is 27.6 Å². The Morgan fingerprint density at radius 3 is 2.39 bits per heavy atom. The Morgan fingerprint density at radius 2 is 1.79 bits per heavy atom. The molecular formula is C25H22F5N5O2S. The lowest BCUT2D eigenvalue weighted by atomic mass is 10.1. The van der Waals surface area contributed by atoms with Crippen molar-refractivity contribution in [3.63, 3.8) is 0 Å². The van der Waals surface area contributed by atoms with E-state index < -0.39 is 29.8 Å². The topological polar surface area (TPSA) is 57.9 Å². The Balaban J connectivity index is 1.26. The van der Waals surface area contributed by atoms with Gasteiger partial charge in [-0.15, -0.1) is 10.2 Å². The average Bonchev–Trinajstić information content (AvgIpc) is 3.60. The molecule has 0 radical (unpaired) electrons. The Kier molecular flexibility index (Phi) is 6.52. The van der Waals surface area contributed by atoms with E-state index >= 15 is 4.39 Å². The van der Waals surface area contributed by atoms with E-state index in [2.05, 4.69) is 20.0 Å². The normalized spacial score (nSPS) is 21.4. The number of nitrogens with zero attached hydrogens (tertiary/aromatic N) is 5. The van der Waals surface area contributed by atoms with E-state index in [1.807, 2.05) is 0 Å². The first kappa shape index (κ1) is 25.1. The van der Waals surface area contributed by atoms with Crippen LogP contribution in [0.3, 0.4) is 0 Å². The molecule has 0 spiro atoms. The summed E-state index contributed by atoms with van der Waals surface area (Å²) in [5.74, 6) is -3.82. The molecular weight excluding hydrogens is 529 g/mol. The van der Waals surface area contributed by atoms with Gasteiger partial charge >= 0.3 is 6.43 Å². The molecule has 0 unspecified atom stereocenters. The van der Waals surface area contributed by atoms with Crippen LogP contribution >= 0.6 is 12.2 Å². The molecule has 3 saturated heterocycles. The molecule has 3 aromatic rings. The van der Waals surface area contributed by atoms with Crippen molar-refractivity contribution in [1.82, 2.24) is 20.0 Å². The van der Waals surface area contributed by atoms with Gasteiger partial charge in [0.25, 0.3) is 5.89 Å². The summed E-state index contributed by atoms with van der Waals surface area (Å²) in [6.07, 6.45) is -2.02. The number of aromatic nitrogens is 2. The number of rotatable bonds is 6. The highest BCUT2D eigenvalue weighted by Gasteiger charge is 2.48. The fourth-order valence-electron chi connectivity index (χ4n) is 5.29. The average molecular weight is 552 g/mol. The molecule has 6 rings (SSSR count). The molecule has 4 heterocycles. The van der Waals surface area contributed by atoms with Crippen molar-refractivity contribution in [2.75, 3.05) is 31.2 Å². The van der Waals surface area contributed by atoms with Crippen molar-refractivity contribution in [3.05, 3.63) is 65.3 Å². The standard InChI is InChI=1S/C25H22F5N5O2S/c26-19-4-3-15(7-21(19)28)34(25(38)35-10-16-6-17(35)9-33(16)18-11-36-12-18)8-14-2-1-13(5-20(14)27)23-31-32-24(37-23)22(29)30/h1-5,7,16-18,22H,6,8-12H2/t16-,17-/m0/s1. The first-order valence-corrected chi connectivity index (χ1v) is 12.5. The second kappa shape index (κ2) is 9.86. The summed E-state index contributed by atoms with van der Waals surface area (Å²) in [6.45, 7) is 2.85. The summed E-state index contributed by atoms with van der Waals surface area (Å²) in [5.41, 5.74) is 0.611. The highest BCUT2D eigenvalue weighted by atomic mass is 32.1. The number of fused-ring (bicyclic) bond motifs is 2. The summed E-state index contributed by atoms with van der Waals surface area (Å²) >= 11 is 5.84. The van der Waals surface area contributed by atoms with Gasteiger partial charge in [-0.25, -0.2) is 13.2 Å². The van der Waals surface area contributed by atoms with Gasteiger partial charge in [0, 0.05) is 48.1 Å². The highest BCUT2D eigenvalue weighted by Crippen LogP contribution is 2.36. The SMILES string of the molecule is Fc1ccc(N(Cc2ccc(-c3nnc(C(F)F)o3)cc2F)C(=S)N2C[C@@H]3C[C@H]2CN3C2COC2)cc1F. The summed E-state index contributed by atoms with van der Waals surface area (Å²) < 4.78 is 79.0. The fourth-order valence-corrected chi connectivity index (χ4v) is 5.68. The molecule has 1 aromatic heterocycles. The summed E-state index contributed by atoms with van der Waals surface area (Å²) in [5, 5.41) is 7.19. The van der Waals surface area contributed by atoms with Crippen LogP contribution < -0.4 is 4.90 Å². The zero-order valence-electron chi connectivity index (χ0n) is 19.9. The molecule has 3 aliphatic heterocycles. The van der Waals surface area contributed by atoms with Crippen LogP contribution in [0, 0.1) is 17.5 Å². The van der Waals surface area contributed by atoms with Gasteiger partial charge < -0.3 is 19.0 Å². The van der Waals surface area contributed by atoms with Crippen molar-refractivity contribution < 1.29 is 31.1 Å².